The predicted octanol–water partition coefficient (Wildman–Crippen LogP) is 2.99. The van der Waals surface area contributed by atoms with Crippen LogP contribution in [0.25, 0.3) is 22.4 Å². The van der Waals surface area contributed by atoms with Crippen LogP contribution in [0.4, 0.5) is 0 Å². The van der Waals surface area contributed by atoms with Crippen LogP contribution in [0.1, 0.15) is 10.4 Å². The highest BCUT2D eigenvalue weighted by atomic mass is 35.5. The SMILES string of the molecule is Cn1c(-c2ccccc2Cl)nc2ccc(C(N)=O)cc21. The highest BCUT2D eigenvalue weighted by Gasteiger charge is 2.13. The predicted molar refractivity (Wildman–Crippen MR) is 79.7 cm³/mol. The molecule has 0 bridgehead atoms. The lowest BCUT2D eigenvalue weighted by atomic mass is 10.2. The van der Waals surface area contributed by atoms with Crippen molar-refractivity contribution in [3.8, 4) is 11.4 Å². The number of amides is 1. The number of benzene rings is 2. The first-order valence-electron chi connectivity index (χ1n) is 6.09. The van der Waals surface area contributed by atoms with Crippen LogP contribution in [-0.4, -0.2) is 15.5 Å². The minimum atomic E-state index is -0.451. The van der Waals surface area contributed by atoms with Gasteiger partial charge in [-0.1, -0.05) is 23.7 Å². The molecule has 1 aromatic heterocycles. The van der Waals surface area contributed by atoms with E-state index in [4.69, 9.17) is 17.3 Å². The second-order valence-corrected chi connectivity index (χ2v) is 4.95. The molecule has 3 aromatic rings. The van der Waals surface area contributed by atoms with Crippen LogP contribution in [0, 0.1) is 0 Å². The normalized spacial score (nSPS) is 10.9. The molecule has 0 aliphatic rings. The van der Waals surface area contributed by atoms with Crippen molar-refractivity contribution in [2.24, 2.45) is 12.8 Å². The number of imidazole rings is 1. The van der Waals surface area contributed by atoms with Gasteiger partial charge < -0.3 is 10.3 Å². The average molecular weight is 286 g/mol. The summed E-state index contributed by atoms with van der Waals surface area (Å²) in [6, 6.07) is 12.7. The summed E-state index contributed by atoms with van der Waals surface area (Å²) in [5.74, 6) is 0.305. The Bertz CT molecular complexity index is 823. The van der Waals surface area contributed by atoms with Crippen molar-refractivity contribution >= 4 is 28.5 Å². The van der Waals surface area contributed by atoms with E-state index in [1.165, 1.54) is 0 Å². The van der Waals surface area contributed by atoms with E-state index in [-0.39, 0.29) is 0 Å². The summed E-state index contributed by atoms with van der Waals surface area (Å²) < 4.78 is 1.91. The Balaban J connectivity index is 2.26. The van der Waals surface area contributed by atoms with E-state index in [2.05, 4.69) is 4.98 Å². The van der Waals surface area contributed by atoms with Crippen LogP contribution in [0.15, 0.2) is 42.5 Å². The third-order valence-corrected chi connectivity index (χ3v) is 3.61. The zero-order valence-corrected chi connectivity index (χ0v) is 11.6. The van der Waals surface area contributed by atoms with Crippen molar-refractivity contribution in [3.05, 3.63) is 53.1 Å². The molecule has 0 aliphatic carbocycles. The number of halogens is 1. The standard InChI is InChI=1S/C15H12ClN3O/c1-19-13-8-9(14(17)20)6-7-12(13)18-15(19)10-4-2-3-5-11(10)16/h2-8H,1H3,(H2,17,20). The molecule has 5 heteroatoms. The number of rotatable bonds is 2. The van der Waals surface area contributed by atoms with E-state index in [1.807, 2.05) is 35.9 Å². The monoisotopic (exact) mass is 285 g/mol. The second-order valence-electron chi connectivity index (χ2n) is 4.54. The second kappa shape index (κ2) is 4.65. The van der Waals surface area contributed by atoms with Crippen LogP contribution >= 0.6 is 11.6 Å². The van der Waals surface area contributed by atoms with Crippen LogP contribution in [0.2, 0.25) is 5.02 Å². The zero-order valence-electron chi connectivity index (χ0n) is 10.8. The summed E-state index contributed by atoms with van der Waals surface area (Å²) >= 11 is 6.21. The molecule has 100 valence electrons. The van der Waals surface area contributed by atoms with Gasteiger partial charge in [-0.05, 0) is 30.3 Å². The number of carbonyl (C=O) groups is 1. The van der Waals surface area contributed by atoms with E-state index < -0.39 is 5.91 Å². The smallest absolute Gasteiger partial charge is 0.248 e. The van der Waals surface area contributed by atoms with Crippen molar-refractivity contribution in [2.45, 2.75) is 0 Å². The van der Waals surface area contributed by atoms with E-state index in [1.54, 1.807) is 18.2 Å². The zero-order chi connectivity index (χ0) is 14.3. The molecule has 0 fully saturated rings. The molecular formula is C15H12ClN3O. The van der Waals surface area contributed by atoms with Gasteiger partial charge in [0.2, 0.25) is 5.91 Å². The highest BCUT2D eigenvalue weighted by molar-refractivity contribution is 6.33. The molecule has 2 aromatic carbocycles. The Morgan fingerprint density at radius 3 is 2.70 bits per heavy atom. The molecule has 20 heavy (non-hydrogen) atoms. The number of hydrogen-bond donors (Lipinski definition) is 1. The maximum Gasteiger partial charge on any atom is 0.248 e. The lowest BCUT2D eigenvalue weighted by molar-refractivity contribution is 0.100. The number of carbonyl (C=O) groups excluding carboxylic acids is 1. The van der Waals surface area contributed by atoms with Gasteiger partial charge in [0, 0.05) is 18.2 Å². The molecule has 0 saturated carbocycles. The van der Waals surface area contributed by atoms with E-state index in [0.717, 1.165) is 22.4 Å². The fraction of sp³-hybridized carbons (Fsp3) is 0.0667. The largest absolute Gasteiger partial charge is 0.366 e. The van der Waals surface area contributed by atoms with Crippen LogP contribution < -0.4 is 5.73 Å². The minimum absolute atomic E-state index is 0.451. The molecule has 1 heterocycles. The van der Waals surface area contributed by atoms with Crippen molar-refractivity contribution < 1.29 is 4.79 Å². The quantitative estimate of drug-likeness (QED) is 0.787. The Morgan fingerprint density at radius 2 is 2.00 bits per heavy atom. The molecule has 2 N–H and O–H groups in total. The summed E-state index contributed by atoms with van der Waals surface area (Å²) in [4.78, 5) is 15.8. The van der Waals surface area contributed by atoms with Gasteiger partial charge in [0.15, 0.2) is 0 Å². The molecule has 3 rings (SSSR count). The number of nitrogens with two attached hydrogens (primary N) is 1. The van der Waals surface area contributed by atoms with Gasteiger partial charge in [-0.15, -0.1) is 0 Å². The van der Waals surface area contributed by atoms with Gasteiger partial charge in [-0.2, -0.15) is 0 Å². The topological polar surface area (TPSA) is 60.9 Å². The Labute approximate surface area is 120 Å². The van der Waals surface area contributed by atoms with Crippen molar-refractivity contribution in [1.29, 1.82) is 0 Å². The van der Waals surface area contributed by atoms with E-state index in [9.17, 15) is 4.79 Å². The summed E-state index contributed by atoms with van der Waals surface area (Å²) in [5.41, 5.74) is 8.27. The van der Waals surface area contributed by atoms with E-state index >= 15 is 0 Å². The van der Waals surface area contributed by atoms with E-state index in [0.29, 0.717) is 10.6 Å². The fourth-order valence-corrected chi connectivity index (χ4v) is 2.45. The summed E-state index contributed by atoms with van der Waals surface area (Å²) in [6.07, 6.45) is 0. The maximum absolute atomic E-state index is 11.3. The molecule has 0 unspecified atom stereocenters. The summed E-state index contributed by atoms with van der Waals surface area (Å²) in [5, 5.41) is 0.640. The maximum atomic E-state index is 11.3. The first-order chi connectivity index (χ1) is 9.58. The van der Waals surface area contributed by atoms with Gasteiger partial charge in [0.25, 0.3) is 0 Å². The van der Waals surface area contributed by atoms with Crippen molar-refractivity contribution in [3.63, 3.8) is 0 Å². The van der Waals surface area contributed by atoms with Crippen LogP contribution in [0.3, 0.4) is 0 Å². The fourth-order valence-electron chi connectivity index (χ4n) is 2.23. The average Bonchev–Trinajstić information content (AvgIpc) is 2.76. The highest BCUT2D eigenvalue weighted by Crippen LogP contribution is 2.29. The Hall–Kier alpha value is -2.33. The Morgan fingerprint density at radius 1 is 1.25 bits per heavy atom. The number of fused-ring (bicyclic) bond motifs is 1. The summed E-state index contributed by atoms with van der Waals surface area (Å²) in [6.45, 7) is 0. The first-order valence-corrected chi connectivity index (χ1v) is 6.47. The summed E-state index contributed by atoms with van der Waals surface area (Å²) in [7, 11) is 1.89. The first kappa shape index (κ1) is 12.7. The van der Waals surface area contributed by atoms with Crippen LogP contribution in [0.5, 0.6) is 0 Å². The number of aryl methyl sites for hydroxylation is 1. The van der Waals surface area contributed by atoms with Gasteiger partial charge >= 0.3 is 0 Å². The molecule has 0 aliphatic heterocycles. The molecule has 4 nitrogen and oxygen atoms in total. The van der Waals surface area contributed by atoms with Gasteiger partial charge in [-0.25, -0.2) is 4.98 Å². The van der Waals surface area contributed by atoms with Crippen LogP contribution in [-0.2, 0) is 7.05 Å². The lowest BCUT2D eigenvalue weighted by Crippen LogP contribution is -2.10. The molecule has 0 atom stereocenters. The minimum Gasteiger partial charge on any atom is -0.366 e. The molecule has 0 radical (unpaired) electrons. The number of aromatic nitrogens is 2. The molecule has 0 saturated heterocycles. The lowest BCUT2D eigenvalue weighted by Gasteiger charge is -2.04. The Kier molecular flexibility index (Phi) is 2.95. The third kappa shape index (κ3) is 1.94. The van der Waals surface area contributed by atoms with Gasteiger partial charge in [0.1, 0.15) is 5.82 Å². The van der Waals surface area contributed by atoms with Crippen molar-refractivity contribution in [2.75, 3.05) is 0 Å². The molecule has 0 spiro atoms. The van der Waals surface area contributed by atoms with Gasteiger partial charge in [-0.3, -0.25) is 4.79 Å². The number of hydrogen-bond acceptors (Lipinski definition) is 2. The number of nitrogens with zero attached hydrogens (tertiary/aromatic N) is 2. The number of primary amides is 1. The van der Waals surface area contributed by atoms with Crippen molar-refractivity contribution in [1.82, 2.24) is 9.55 Å². The molecule has 1 amide bonds. The molecular weight excluding hydrogens is 274 g/mol. The third-order valence-electron chi connectivity index (χ3n) is 3.28. The van der Waals surface area contributed by atoms with Gasteiger partial charge in [0.05, 0.1) is 16.1 Å².